The Bertz CT molecular complexity index is 160. The molecule has 0 aromatic rings. The quantitative estimate of drug-likeness (QED) is 0.305. The van der Waals surface area contributed by atoms with Crippen molar-refractivity contribution in [1.82, 2.24) is 0 Å². The van der Waals surface area contributed by atoms with Crippen LogP contribution in [0.1, 0.15) is 13.3 Å². The molecule has 11 heavy (non-hydrogen) atoms. The molecule has 5 N–H and O–H groups in total. The first-order valence-electron chi connectivity index (χ1n) is 2.88. The molecule has 0 aromatic carbocycles. The molecule has 6 nitrogen and oxygen atoms in total. The van der Waals surface area contributed by atoms with Crippen LogP contribution >= 0.6 is 0 Å². The van der Waals surface area contributed by atoms with Crippen molar-refractivity contribution < 1.29 is 30.3 Å². The van der Waals surface area contributed by atoms with Gasteiger partial charge in [-0.1, -0.05) is 6.92 Å². The molecular formula is C5H10O6. The van der Waals surface area contributed by atoms with E-state index in [0.717, 1.165) is 0 Å². The largest absolute Gasteiger partial charge is 0.477 e. The lowest BCUT2D eigenvalue weighted by atomic mass is 10.0. The lowest BCUT2D eigenvalue weighted by Gasteiger charge is -2.29. The van der Waals surface area contributed by atoms with Gasteiger partial charge in [0, 0.05) is 6.42 Å². The van der Waals surface area contributed by atoms with Gasteiger partial charge in [0.25, 0.3) is 0 Å². The number of aliphatic hydroxyl groups is 4. The SMILES string of the molecule is CCC(O)(O)C(O)(O)C(=O)O. The zero-order chi connectivity index (χ0) is 9.28. The third-order valence-electron chi connectivity index (χ3n) is 1.35. The highest BCUT2D eigenvalue weighted by Crippen LogP contribution is 2.20. The van der Waals surface area contributed by atoms with Gasteiger partial charge >= 0.3 is 11.8 Å². The number of carbonyl (C=O) groups is 1. The van der Waals surface area contributed by atoms with Gasteiger partial charge in [0.05, 0.1) is 0 Å². The number of hydrogen-bond acceptors (Lipinski definition) is 5. The molecule has 0 saturated carbocycles. The third-order valence-corrected chi connectivity index (χ3v) is 1.35. The van der Waals surface area contributed by atoms with Crippen molar-refractivity contribution in [3.8, 4) is 0 Å². The van der Waals surface area contributed by atoms with E-state index in [1.807, 2.05) is 0 Å². The van der Waals surface area contributed by atoms with Crippen molar-refractivity contribution in [3.63, 3.8) is 0 Å². The number of aliphatic carboxylic acids is 1. The molecule has 0 unspecified atom stereocenters. The summed E-state index contributed by atoms with van der Waals surface area (Å²) in [6.45, 7) is 1.20. The standard InChI is InChI=1S/C5H10O6/c1-2-4(8,9)5(10,11)3(6)7/h8-11H,2H2,1H3,(H,6,7). The Morgan fingerprint density at radius 2 is 1.64 bits per heavy atom. The monoisotopic (exact) mass is 166 g/mol. The molecule has 0 spiro atoms. The molecule has 0 aliphatic heterocycles. The maximum absolute atomic E-state index is 10.0. The maximum Gasteiger partial charge on any atom is 0.370 e. The van der Waals surface area contributed by atoms with E-state index in [1.165, 1.54) is 6.92 Å². The highest BCUT2D eigenvalue weighted by molar-refractivity contribution is 5.76. The Labute approximate surface area is 62.3 Å². The summed E-state index contributed by atoms with van der Waals surface area (Å²) in [5, 5.41) is 42.6. The van der Waals surface area contributed by atoms with Gasteiger partial charge in [-0.05, 0) is 0 Å². The molecule has 0 aliphatic rings. The van der Waals surface area contributed by atoms with Crippen LogP contribution in [0.15, 0.2) is 0 Å². The predicted octanol–water partition coefficient (Wildman–Crippen LogP) is -2.16. The summed E-state index contributed by atoms with van der Waals surface area (Å²) in [5.74, 6) is -8.66. The highest BCUT2D eigenvalue weighted by atomic mass is 16.6. The molecule has 0 bridgehead atoms. The molecular weight excluding hydrogens is 156 g/mol. The van der Waals surface area contributed by atoms with Gasteiger partial charge in [-0.15, -0.1) is 0 Å². The molecule has 6 heteroatoms. The molecule has 0 atom stereocenters. The maximum atomic E-state index is 10.0. The van der Waals surface area contributed by atoms with Crippen LogP contribution in [0.4, 0.5) is 0 Å². The summed E-state index contributed by atoms with van der Waals surface area (Å²) in [7, 11) is 0. The average Bonchev–Trinajstić information content (AvgIpc) is 1.87. The van der Waals surface area contributed by atoms with Gasteiger partial charge < -0.3 is 25.5 Å². The Hall–Kier alpha value is -0.690. The fourth-order valence-electron chi connectivity index (χ4n) is 0.418. The molecule has 0 fully saturated rings. The summed E-state index contributed by atoms with van der Waals surface area (Å²) in [4.78, 5) is 10.0. The summed E-state index contributed by atoms with van der Waals surface area (Å²) >= 11 is 0. The highest BCUT2D eigenvalue weighted by Gasteiger charge is 2.52. The number of carboxylic acid groups (broad SMARTS) is 1. The molecule has 0 aliphatic carbocycles. The number of rotatable bonds is 3. The van der Waals surface area contributed by atoms with Crippen molar-refractivity contribution in [1.29, 1.82) is 0 Å². The third kappa shape index (κ3) is 1.66. The second-order valence-corrected chi connectivity index (χ2v) is 2.15. The van der Waals surface area contributed by atoms with Crippen LogP contribution in [-0.2, 0) is 4.79 Å². The first-order chi connectivity index (χ1) is 4.75. The molecule has 0 saturated heterocycles. The van der Waals surface area contributed by atoms with Crippen LogP contribution in [0.2, 0.25) is 0 Å². The van der Waals surface area contributed by atoms with Crippen LogP contribution in [-0.4, -0.2) is 43.1 Å². The van der Waals surface area contributed by atoms with Crippen molar-refractivity contribution in [2.75, 3.05) is 0 Å². The van der Waals surface area contributed by atoms with Crippen LogP contribution in [0.5, 0.6) is 0 Å². The zero-order valence-corrected chi connectivity index (χ0v) is 5.85. The van der Waals surface area contributed by atoms with Crippen LogP contribution in [0.25, 0.3) is 0 Å². The lowest BCUT2D eigenvalue weighted by molar-refractivity contribution is -0.344. The Morgan fingerprint density at radius 1 is 1.27 bits per heavy atom. The van der Waals surface area contributed by atoms with E-state index in [2.05, 4.69) is 0 Å². The van der Waals surface area contributed by atoms with Gasteiger partial charge in [0.1, 0.15) is 0 Å². The minimum atomic E-state index is -3.53. The predicted molar refractivity (Wildman–Crippen MR) is 32.3 cm³/mol. The first-order valence-corrected chi connectivity index (χ1v) is 2.88. The van der Waals surface area contributed by atoms with E-state index in [-0.39, 0.29) is 0 Å². The van der Waals surface area contributed by atoms with Gasteiger partial charge in [0.2, 0.25) is 5.79 Å². The smallest absolute Gasteiger partial charge is 0.370 e. The van der Waals surface area contributed by atoms with Gasteiger partial charge in [-0.2, -0.15) is 0 Å². The van der Waals surface area contributed by atoms with Gasteiger partial charge in [-0.25, -0.2) is 4.79 Å². The number of carboxylic acids is 1. The number of hydrogen-bond donors (Lipinski definition) is 5. The minimum absolute atomic E-state index is 0.508. The fraction of sp³-hybridized carbons (Fsp3) is 0.800. The summed E-state index contributed by atoms with van der Waals surface area (Å²) < 4.78 is 0. The van der Waals surface area contributed by atoms with E-state index in [1.54, 1.807) is 0 Å². The second kappa shape index (κ2) is 2.74. The lowest BCUT2D eigenvalue weighted by Crippen LogP contribution is -2.59. The van der Waals surface area contributed by atoms with Crippen molar-refractivity contribution in [2.45, 2.75) is 24.9 Å². The fourth-order valence-corrected chi connectivity index (χ4v) is 0.418. The topological polar surface area (TPSA) is 118 Å². The van der Waals surface area contributed by atoms with Crippen LogP contribution in [0, 0.1) is 0 Å². The van der Waals surface area contributed by atoms with Crippen molar-refractivity contribution in [3.05, 3.63) is 0 Å². The van der Waals surface area contributed by atoms with E-state index in [9.17, 15) is 4.79 Å². The van der Waals surface area contributed by atoms with Crippen molar-refractivity contribution >= 4 is 5.97 Å². The van der Waals surface area contributed by atoms with E-state index in [0.29, 0.717) is 0 Å². The van der Waals surface area contributed by atoms with Crippen LogP contribution in [0.3, 0.4) is 0 Å². The van der Waals surface area contributed by atoms with Gasteiger partial charge in [-0.3, -0.25) is 0 Å². The van der Waals surface area contributed by atoms with E-state index in [4.69, 9.17) is 25.5 Å². The normalized spacial score (nSPS) is 13.2. The van der Waals surface area contributed by atoms with E-state index < -0.39 is 24.0 Å². The van der Waals surface area contributed by atoms with E-state index >= 15 is 0 Å². The van der Waals surface area contributed by atoms with Crippen molar-refractivity contribution in [2.24, 2.45) is 0 Å². The zero-order valence-electron chi connectivity index (χ0n) is 5.85. The first kappa shape index (κ1) is 10.3. The molecule has 0 radical (unpaired) electrons. The minimum Gasteiger partial charge on any atom is -0.477 e. The van der Waals surface area contributed by atoms with Crippen LogP contribution < -0.4 is 0 Å². The molecule has 0 aromatic heterocycles. The molecule has 0 rings (SSSR count). The average molecular weight is 166 g/mol. The second-order valence-electron chi connectivity index (χ2n) is 2.15. The summed E-state index contributed by atoms with van der Waals surface area (Å²) in [5.41, 5.74) is 0. The molecule has 66 valence electrons. The summed E-state index contributed by atoms with van der Waals surface area (Å²) in [6.07, 6.45) is -0.508. The Balaban J connectivity index is 4.67. The molecule has 0 heterocycles. The molecule has 0 amide bonds. The Morgan fingerprint density at radius 3 is 1.73 bits per heavy atom. The summed E-state index contributed by atoms with van der Waals surface area (Å²) in [6, 6.07) is 0. The Kier molecular flexibility index (Phi) is 2.57. The van der Waals surface area contributed by atoms with Gasteiger partial charge in [0.15, 0.2) is 0 Å².